The summed E-state index contributed by atoms with van der Waals surface area (Å²) in [6.07, 6.45) is 3.28. The minimum Gasteiger partial charge on any atom is -0.504 e. The summed E-state index contributed by atoms with van der Waals surface area (Å²) in [5, 5.41) is 10.6. The van der Waals surface area contributed by atoms with Crippen molar-refractivity contribution >= 4 is 55.0 Å². The number of pyridine rings is 1. The number of halogens is 2. The fourth-order valence-corrected chi connectivity index (χ4v) is 3.73. The van der Waals surface area contributed by atoms with Crippen molar-refractivity contribution in [1.82, 2.24) is 9.97 Å². The molecule has 0 aliphatic carbocycles. The van der Waals surface area contributed by atoms with E-state index in [1.807, 2.05) is 38.1 Å². The molecular weight excluding hydrogens is 514 g/mol. The summed E-state index contributed by atoms with van der Waals surface area (Å²) in [5.74, 6) is 0.887. The molecule has 0 radical (unpaired) electrons. The lowest BCUT2D eigenvalue weighted by Crippen LogP contribution is -1.96. The van der Waals surface area contributed by atoms with Crippen LogP contribution in [0.25, 0.3) is 22.7 Å². The molecule has 2 aromatic carbocycles. The first-order valence-electron chi connectivity index (χ1n) is 9.18. The van der Waals surface area contributed by atoms with E-state index in [9.17, 15) is 5.11 Å². The Labute approximate surface area is 189 Å². The number of oxazole rings is 1. The highest BCUT2D eigenvalue weighted by molar-refractivity contribution is 9.13. The van der Waals surface area contributed by atoms with Crippen molar-refractivity contribution in [2.75, 3.05) is 6.61 Å². The third-order valence-corrected chi connectivity index (χ3v) is 6.46. The quantitative estimate of drug-likeness (QED) is 0.295. The van der Waals surface area contributed by atoms with E-state index >= 15 is 0 Å². The van der Waals surface area contributed by atoms with Gasteiger partial charge in [-0.15, -0.1) is 0 Å². The minimum absolute atomic E-state index is 0.0227. The molecule has 8 heteroatoms. The molecule has 0 fully saturated rings. The average Bonchev–Trinajstić information content (AvgIpc) is 3.17. The Kier molecular flexibility index (Phi) is 5.87. The van der Waals surface area contributed by atoms with Crippen molar-refractivity contribution in [3.63, 3.8) is 0 Å². The van der Waals surface area contributed by atoms with Gasteiger partial charge in [0.15, 0.2) is 22.7 Å². The van der Waals surface area contributed by atoms with Gasteiger partial charge in [0.1, 0.15) is 0 Å². The Morgan fingerprint density at radius 2 is 2.07 bits per heavy atom. The lowest BCUT2D eigenvalue weighted by molar-refractivity contribution is 0.317. The topological polar surface area (TPSA) is 80.7 Å². The number of aromatic hydroxyl groups is 1. The zero-order valence-electron chi connectivity index (χ0n) is 16.2. The van der Waals surface area contributed by atoms with Crippen molar-refractivity contribution in [2.45, 2.75) is 13.8 Å². The van der Waals surface area contributed by atoms with Crippen LogP contribution in [-0.4, -0.2) is 27.9 Å². The van der Waals surface area contributed by atoms with E-state index < -0.39 is 0 Å². The minimum atomic E-state index is 0.0227. The molecule has 0 saturated carbocycles. The molecular formula is C22H17Br2N3O3. The Hall–Kier alpha value is -2.71. The molecule has 0 amide bonds. The maximum absolute atomic E-state index is 10.6. The second-order valence-corrected chi connectivity index (χ2v) is 8.12. The van der Waals surface area contributed by atoms with Gasteiger partial charge in [0.05, 0.1) is 17.9 Å². The Morgan fingerprint density at radius 1 is 1.23 bits per heavy atom. The van der Waals surface area contributed by atoms with Gasteiger partial charge in [-0.1, -0.05) is 6.07 Å². The number of hydrogen-bond donors (Lipinski definition) is 1. The molecule has 4 aromatic rings. The second-order valence-electron chi connectivity index (χ2n) is 6.47. The van der Waals surface area contributed by atoms with Crippen LogP contribution in [0.3, 0.4) is 0 Å². The monoisotopic (exact) mass is 529 g/mol. The summed E-state index contributed by atoms with van der Waals surface area (Å²) in [6.45, 7) is 4.27. The number of rotatable bonds is 5. The van der Waals surface area contributed by atoms with Gasteiger partial charge in [-0.05, 0) is 81.6 Å². The van der Waals surface area contributed by atoms with E-state index in [0.717, 1.165) is 21.3 Å². The highest BCUT2D eigenvalue weighted by Crippen LogP contribution is 2.40. The molecule has 0 spiro atoms. The molecule has 152 valence electrons. The van der Waals surface area contributed by atoms with Gasteiger partial charge in [-0.2, -0.15) is 4.98 Å². The Bertz CT molecular complexity index is 1240. The van der Waals surface area contributed by atoms with E-state index in [0.29, 0.717) is 39.5 Å². The highest BCUT2D eigenvalue weighted by atomic mass is 79.9. The fraction of sp³-hybridized carbons (Fsp3) is 0.136. The van der Waals surface area contributed by atoms with Gasteiger partial charge >= 0.3 is 0 Å². The van der Waals surface area contributed by atoms with E-state index in [4.69, 9.17) is 9.15 Å². The lowest BCUT2D eigenvalue weighted by atomic mass is 10.1. The van der Waals surface area contributed by atoms with Crippen LogP contribution in [-0.2, 0) is 0 Å². The van der Waals surface area contributed by atoms with E-state index in [2.05, 4.69) is 46.8 Å². The van der Waals surface area contributed by atoms with Crippen LogP contribution in [0.1, 0.15) is 18.1 Å². The van der Waals surface area contributed by atoms with Crippen LogP contribution < -0.4 is 4.74 Å². The Morgan fingerprint density at radius 3 is 2.83 bits per heavy atom. The summed E-state index contributed by atoms with van der Waals surface area (Å²) >= 11 is 6.97. The van der Waals surface area contributed by atoms with Gasteiger partial charge in [0.2, 0.25) is 5.89 Å². The Balaban J connectivity index is 1.73. The van der Waals surface area contributed by atoms with Gasteiger partial charge in [0, 0.05) is 26.9 Å². The van der Waals surface area contributed by atoms with E-state index in [1.165, 1.54) is 0 Å². The van der Waals surface area contributed by atoms with Gasteiger partial charge in [-0.3, -0.25) is 4.99 Å². The van der Waals surface area contributed by atoms with Crippen LogP contribution in [0.15, 0.2) is 61.0 Å². The number of aromatic nitrogens is 2. The molecule has 0 aliphatic heterocycles. The number of aryl methyl sites for hydroxylation is 1. The second kappa shape index (κ2) is 8.57. The van der Waals surface area contributed by atoms with Crippen molar-refractivity contribution < 1.29 is 14.3 Å². The summed E-state index contributed by atoms with van der Waals surface area (Å²) in [6, 6.07) is 11.1. The number of benzene rings is 2. The standard InChI is InChI=1S/C22H17Br2N3O3/c1-3-29-18-10-15(23)19(24)14(20(18)28)11-26-16-9-13(7-6-12(16)2)22-27-21-17(30-22)5-4-8-25-21/h4-11,28H,3H2,1-2H3. The van der Waals surface area contributed by atoms with Crippen LogP contribution in [0.4, 0.5) is 5.69 Å². The molecule has 0 bridgehead atoms. The molecule has 4 rings (SSSR count). The zero-order valence-corrected chi connectivity index (χ0v) is 19.4. The van der Waals surface area contributed by atoms with Gasteiger partial charge < -0.3 is 14.3 Å². The van der Waals surface area contributed by atoms with E-state index in [-0.39, 0.29) is 5.75 Å². The largest absolute Gasteiger partial charge is 0.504 e. The predicted octanol–water partition coefficient (Wildman–Crippen LogP) is 6.58. The SMILES string of the molecule is CCOc1cc(Br)c(Br)c(C=Nc2cc(-c3nc4ncccc4o3)ccc2C)c1O. The van der Waals surface area contributed by atoms with Gasteiger partial charge in [0.25, 0.3) is 0 Å². The molecule has 0 aliphatic rings. The number of phenols is 1. The highest BCUT2D eigenvalue weighted by Gasteiger charge is 2.15. The molecule has 0 saturated heterocycles. The number of fused-ring (bicyclic) bond motifs is 1. The predicted molar refractivity (Wildman–Crippen MR) is 124 cm³/mol. The normalized spacial score (nSPS) is 11.5. The number of nitrogens with zero attached hydrogens (tertiary/aromatic N) is 3. The third-order valence-electron chi connectivity index (χ3n) is 4.45. The fourth-order valence-electron chi connectivity index (χ4n) is 2.90. The molecule has 2 heterocycles. The lowest BCUT2D eigenvalue weighted by Gasteiger charge is -2.11. The van der Waals surface area contributed by atoms with Gasteiger partial charge in [-0.25, -0.2) is 4.98 Å². The number of phenolic OH excluding ortho intramolecular Hbond substituents is 1. The first-order valence-corrected chi connectivity index (χ1v) is 10.8. The van der Waals surface area contributed by atoms with Crippen molar-refractivity contribution in [3.05, 3.63) is 62.7 Å². The summed E-state index contributed by atoms with van der Waals surface area (Å²) in [7, 11) is 0. The maximum atomic E-state index is 10.6. The van der Waals surface area contributed by atoms with Crippen molar-refractivity contribution in [2.24, 2.45) is 4.99 Å². The smallest absolute Gasteiger partial charge is 0.228 e. The zero-order chi connectivity index (χ0) is 21.3. The number of ether oxygens (including phenoxy) is 1. The molecule has 2 aromatic heterocycles. The van der Waals surface area contributed by atoms with Crippen LogP contribution >= 0.6 is 31.9 Å². The maximum Gasteiger partial charge on any atom is 0.228 e. The van der Waals surface area contributed by atoms with Crippen LogP contribution in [0.5, 0.6) is 11.5 Å². The summed E-state index contributed by atoms with van der Waals surface area (Å²) in [5.41, 5.74) is 4.20. The van der Waals surface area contributed by atoms with Crippen LogP contribution in [0.2, 0.25) is 0 Å². The average molecular weight is 531 g/mol. The third kappa shape index (κ3) is 3.97. The molecule has 0 unspecified atom stereocenters. The van der Waals surface area contributed by atoms with Crippen molar-refractivity contribution in [1.29, 1.82) is 0 Å². The molecule has 1 N–H and O–H groups in total. The summed E-state index contributed by atoms with van der Waals surface area (Å²) in [4.78, 5) is 13.3. The number of hydrogen-bond acceptors (Lipinski definition) is 6. The van der Waals surface area contributed by atoms with Crippen molar-refractivity contribution in [3.8, 4) is 23.0 Å². The van der Waals surface area contributed by atoms with E-state index in [1.54, 1.807) is 24.5 Å². The molecule has 0 atom stereocenters. The first kappa shape index (κ1) is 20.6. The molecule has 6 nitrogen and oxygen atoms in total. The summed E-state index contributed by atoms with van der Waals surface area (Å²) < 4.78 is 12.8. The first-order chi connectivity index (χ1) is 14.5. The number of aliphatic imine (C=N–C) groups is 1. The van der Waals surface area contributed by atoms with Crippen LogP contribution in [0, 0.1) is 6.92 Å². The molecule has 30 heavy (non-hydrogen) atoms.